The van der Waals surface area contributed by atoms with Gasteiger partial charge in [0, 0.05) is 19.2 Å². The van der Waals surface area contributed by atoms with Crippen molar-refractivity contribution in [3.8, 4) is 0 Å². The Bertz CT molecular complexity index is 472. The third kappa shape index (κ3) is 3.32. The van der Waals surface area contributed by atoms with Gasteiger partial charge in [-0.2, -0.15) is 5.10 Å². The van der Waals surface area contributed by atoms with Crippen molar-refractivity contribution in [3.63, 3.8) is 0 Å². The summed E-state index contributed by atoms with van der Waals surface area (Å²) in [4.78, 5) is 2.22. The Morgan fingerprint density at radius 1 is 1.24 bits per heavy atom. The van der Waals surface area contributed by atoms with Crippen LogP contribution in [0.3, 0.4) is 0 Å². The molecule has 0 unspecified atom stereocenters. The van der Waals surface area contributed by atoms with Gasteiger partial charge in [0.1, 0.15) is 5.82 Å². The molecule has 17 heavy (non-hydrogen) atoms. The predicted molar refractivity (Wildman–Crippen MR) is 69.4 cm³/mol. The Labute approximate surface area is 101 Å². The van der Waals surface area contributed by atoms with Crippen molar-refractivity contribution in [2.24, 2.45) is 0 Å². The quantitative estimate of drug-likeness (QED) is 0.843. The van der Waals surface area contributed by atoms with Crippen molar-refractivity contribution >= 4 is 5.82 Å². The molecular formula is C13H18N4. The van der Waals surface area contributed by atoms with Crippen LogP contribution in [0, 0.1) is 6.92 Å². The molecule has 2 rings (SSSR count). The summed E-state index contributed by atoms with van der Waals surface area (Å²) in [6.45, 7) is 3.83. The van der Waals surface area contributed by atoms with Crippen LogP contribution in [0.15, 0.2) is 30.3 Å². The second-order valence-electron chi connectivity index (χ2n) is 4.48. The Morgan fingerprint density at radius 2 is 1.94 bits per heavy atom. The molecule has 0 spiro atoms. The number of H-pyrrole nitrogens is 1. The Morgan fingerprint density at radius 3 is 2.53 bits per heavy atom. The van der Waals surface area contributed by atoms with Gasteiger partial charge in [0.25, 0.3) is 0 Å². The lowest BCUT2D eigenvalue weighted by atomic mass is 10.1. The van der Waals surface area contributed by atoms with Crippen LogP contribution in [0.1, 0.15) is 16.8 Å². The molecule has 0 saturated carbocycles. The van der Waals surface area contributed by atoms with Gasteiger partial charge >= 0.3 is 0 Å². The highest BCUT2D eigenvalue weighted by molar-refractivity contribution is 5.28. The maximum atomic E-state index is 5.56. The maximum absolute atomic E-state index is 5.56. The third-order valence-electron chi connectivity index (χ3n) is 2.66. The monoisotopic (exact) mass is 230 g/mol. The SMILES string of the molecule is Cc1ccc(CN(C)Cc2cc(N)n[nH]2)cc1. The van der Waals surface area contributed by atoms with E-state index in [1.807, 2.05) is 6.07 Å². The van der Waals surface area contributed by atoms with E-state index < -0.39 is 0 Å². The van der Waals surface area contributed by atoms with Gasteiger partial charge in [0.2, 0.25) is 0 Å². The summed E-state index contributed by atoms with van der Waals surface area (Å²) in [5.41, 5.74) is 9.20. The van der Waals surface area contributed by atoms with Crippen LogP contribution in [0.5, 0.6) is 0 Å². The first-order valence-electron chi connectivity index (χ1n) is 5.67. The molecule has 4 nitrogen and oxygen atoms in total. The number of benzene rings is 1. The first-order chi connectivity index (χ1) is 8.13. The summed E-state index contributed by atoms with van der Waals surface area (Å²) in [7, 11) is 2.08. The van der Waals surface area contributed by atoms with Crippen molar-refractivity contribution in [1.82, 2.24) is 15.1 Å². The second-order valence-corrected chi connectivity index (χ2v) is 4.48. The van der Waals surface area contributed by atoms with Gasteiger partial charge < -0.3 is 5.73 Å². The molecule has 2 aromatic rings. The fourth-order valence-electron chi connectivity index (χ4n) is 1.81. The van der Waals surface area contributed by atoms with E-state index in [2.05, 4.69) is 53.3 Å². The number of nitrogens with one attached hydrogen (secondary N) is 1. The zero-order valence-corrected chi connectivity index (χ0v) is 10.3. The van der Waals surface area contributed by atoms with Gasteiger partial charge in [-0.25, -0.2) is 0 Å². The summed E-state index contributed by atoms with van der Waals surface area (Å²) in [6, 6.07) is 10.5. The van der Waals surface area contributed by atoms with Gasteiger partial charge in [-0.15, -0.1) is 0 Å². The van der Waals surface area contributed by atoms with Crippen LogP contribution in [-0.4, -0.2) is 22.1 Å². The normalized spacial score (nSPS) is 11.0. The van der Waals surface area contributed by atoms with Crippen LogP contribution in [0.2, 0.25) is 0 Å². The molecule has 0 fully saturated rings. The van der Waals surface area contributed by atoms with E-state index in [1.54, 1.807) is 0 Å². The molecule has 4 heteroatoms. The van der Waals surface area contributed by atoms with Crippen LogP contribution >= 0.6 is 0 Å². The number of hydrogen-bond acceptors (Lipinski definition) is 3. The molecule has 90 valence electrons. The summed E-state index contributed by atoms with van der Waals surface area (Å²) in [5.74, 6) is 0.545. The minimum Gasteiger partial charge on any atom is -0.382 e. The fourth-order valence-corrected chi connectivity index (χ4v) is 1.81. The number of nitrogens with two attached hydrogens (primary N) is 1. The average molecular weight is 230 g/mol. The average Bonchev–Trinajstić information content (AvgIpc) is 2.67. The zero-order chi connectivity index (χ0) is 12.3. The minimum atomic E-state index is 0.545. The number of anilines is 1. The summed E-state index contributed by atoms with van der Waals surface area (Å²) < 4.78 is 0. The highest BCUT2D eigenvalue weighted by atomic mass is 15.2. The van der Waals surface area contributed by atoms with Crippen LogP contribution in [0.25, 0.3) is 0 Å². The second kappa shape index (κ2) is 5.01. The number of aromatic nitrogens is 2. The van der Waals surface area contributed by atoms with E-state index in [4.69, 9.17) is 5.73 Å². The van der Waals surface area contributed by atoms with Gasteiger partial charge in [-0.3, -0.25) is 10.00 Å². The lowest BCUT2D eigenvalue weighted by Crippen LogP contribution is -2.17. The standard InChI is InChI=1S/C13H18N4/c1-10-3-5-11(6-4-10)8-17(2)9-12-7-13(14)16-15-12/h3-7H,8-9H2,1-2H3,(H3,14,15,16). The Hall–Kier alpha value is -1.81. The van der Waals surface area contributed by atoms with Gasteiger partial charge in [-0.05, 0) is 19.5 Å². The molecule has 1 aromatic heterocycles. The molecular weight excluding hydrogens is 212 g/mol. The highest BCUT2D eigenvalue weighted by Crippen LogP contribution is 2.09. The van der Waals surface area contributed by atoms with Crippen molar-refractivity contribution in [1.29, 1.82) is 0 Å². The molecule has 1 aromatic carbocycles. The van der Waals surface area contributed by atoms with Gasteiger partial charge in [0.15, 0.2) is 0 Å². The van der Waals surface area contributed by atoms with E-state index in [0.717, 1.165) is 18.8 Å². The molecule has 0 amide bonds. The molecule has 0 radical (unpaired) electrons. The first-order valence-corrected chi connectivity index (χ1v) is 5.67. The molecule has 1 heterocycles. The van der Waals surface area contributed by atoms with Crippen LogP contribution < -0.4 is 5.73 Å². The van der Waals surface area contributed by atoms with E-state index in [9.17, 15) is 0 Å². The molecule has 0 aliphatic heterocycles. The number of hydrogen-bond donors (Lipinski definition) is 2. The van der Waals surface area contributed by atoms with Crippen LogP contribution in [-0.2, 0) is 13.1 Å². The van der Waals surface area contributed by atoms with Crippen molar-refractivity contribution in [2.45, 2.75) is 20.0 Å². The van der Waals surface area contributed by atoms with Crippen molar-refractivity contribution in [2.75, 3.05) is 12.8 Å². The minimum absolute atomic E-state index is 0.545. The van der Waals surface area contributed by atoms with E-state index in [0.29, 0.717) is 5.82 Å². The smallest absolute Gasteiger partial charge is 0.145 e. The van der Waals surface area contributed by atoms with E-state index >= 15 is 0 Å². The summed E-state index contributed by atoms with van der Waals surface area (Å²) in [5, 5.41) is 6.83. The first kappa shape index (κ1) is 11.7. The number of aromatic amines is 1. The van der Waals surface area contributed by atoms with E-state index in [1.165, 1.54) is 11.1 Å². The number of aryl methyl sites for hydroxylation is 1. The Kier molecular flexibility index (Phi) is 3.44. The van der Waals surface area contributed by atoms with Crippen molar-refractivity contribution in [3.05, 3.63) is 47.2 Å². The topological polar surface area (TPSA) is 57.9 Å². The third-order valence-corrected chi connectivity index (χ3v) is 2.66. The molecule has 0 aliphatic carbocycles. The largest absolute Gasteiger partial charge is 0.382 e. The number of nitrogens with zero attached hydrogens (tertiary/aromatic N) is 2. The fraction of sp³-hybridized carbons (Fsp3) is 0.308. The molecule has 0 aliphatic rings. The van der Waals surface area contributed by atoms with E-state index in [-0.39, 0.29) is 0 Å². The number of nitrogen functional groups attached to an aromatic ring is 1. The molecule has 3 N–H and O–H groups in total. The van der Waals surface area contributed by atoms with Crippen molar-refractivity contribution < 1.29 is 0 Å². The Balaban J connectivity index is 1.93. The number of rotatable bonds is 4. The predicted octanol–water partition coefficient (Wildman–Crippen LogP) is 1.93. The van der Waals surface area contributed by atoms with Gasteiger partial charge in [-0.1, -0.05) is 29.8 Å². The summed E-state index contributed by atoms with van der Waals surface area (Å²) >= 11 is 0. The summed E-state index contributed by atoms with van der Waals surface area (Å²) in [6.07, 6.45) is 0. The highest BCUT2D eigenvalue weighted by Gasteiger charge is 2.03. The molecule has 0 atom stereocenters. The lowest BCUT2D eigenvalue weighted by molar-refractivity contribution is 0.315. The van der Waals surface area contributed by atoms with Crippen LogP contribution in [0.4, 0.5) is 5.82 Å². The molecule has 0 saturated heterocycles. The van der Waals surface area contributed by atoms with Gasteiger partial charge in [0.05, 0.1) is 5.69 Å². The zero-order valence-electron chi connectivity index (χ0n) is 10.3. The molecule has 0 bridgehead atoms. The lowest BCUT2D eigenvalue weighted by Gasteiger charge is -2.15. The maximum Gasteiger partial charge on any atom is 0.145 e.